The molecule has 0 aliphatic heterocycles. The van der Waals surface area contributed by atoms with Gasteiger partial charge in [-0.1, -0.05) is 6.07 Å². The minimum atomic E-state index is -0.0554. The molecule has 1 atom stereocenters. The number of rotatable bonds is 5. The fourth-order valence-electron chi connectivity index (χ4n) is 2.23. The SMILES string of the molecule is COc1ccc(Cc2ncc(C(C)N)c(C)n2)cc1OC. The molecular weight excluding hydrogens is 266 g/mol. The summed E-state index contributed by atoms with van der Waals surface area (Å²) in [4.78, 5) is 8.92. The Labute approximate surface area is 125 Å². The highest BCUT2D eigenvalue weighted by Gasteiger charge is 2.09. The second-order valence-electron chi connectivity index (χ2n) is 4.98. The third-order valence-corrected chi connectivity index (χ3v) is 3.37. The summed E-state index contributed by atoms with van der Waals surface area (Å²) in [6.45, 7) is 3.89. The lowest BCUT2D eigenvalue weighted by atomic mass is 10.1. The highest BCUT2D eigenvalue weighted by atomic mass is 16.5. The summed E-state index contributed by atoms with van der Waals surface area (Å²) in [6, 6.07) is 5.76. The van der Waals surface area contributed by atoms with Crippen LogP contribution in [0.3, 0.4) is 0 Å². The minimum Gasteiger partial charge on any atom is -0.493 e. The highest BCUT2D eigenvalue weighted by Crippen LogP contribution is 2.28. The molecule has 112 valence electrons. The maximum Gasteiger partial charge on any atom is 0.161 e. The lowest BCUT2D eigenvalue weighted by molar-refractivity contribution is 0.354. The van der Waals surface area contributed by atoms with E-state index in [4.69, 9.17) is 15.2 Å². The molecule has 1 aromatic carbocycles. The summed E-state index contributed by atoms with van der Waals surface area (Å²) in [5, 5.41) is 0. The Kier molecular flexibility index (Phi) is 4.75. The second kappa shape index (κ2) is 6.54. The molecule has 0 aliphatic rings. The largest absolute Gasteiger partial charge is 0.493 e. The van der Waals surface area contributed by atoms with Crippen LogP contribution >= 0.6 is 0 Å². The molecule has 0 radical (unpaired) electrons. The van der Waals surface area contributed by atoms with Gasteiger partial charge in [0.25, 0.3) is 0 Å². The van der Waals surface area contributed by atoms with Crippen molar-refractivity contribution in [3.63, 3.8) is 0 Å². The van der Waals surface area contributed by atoms with E-state index in [0.29, 0.717) is 17.9 Å². The Morgan fingerprint density at radius 1 is 1.19 bits per heavy atom. The van der Waals surface area contributed by atoms with E-state index in [0.717, 1.165) is 22.6 Å². The molecule has 21 heavy (non-hydrogen) atoms. The molecule has 1 unspecified atom stereocenters. The van der Waals surface area contributed by atoms with Crippen LogP contribution in [0.15, 0.2) is 24.4 Å². The second-order valence-corrected chi connectivity index (χ2v) is 4.98. The first-order valence-corrected chi connectivity index (χ1v) is 6.84. The third kappa shape index (κ3) is 3.49. The predicted molar refractivity (Wildman–Crippen MR) is 81.7 cm³/mol. The van der Waals surface area contributed by atoms with Crippen molar-refractivity contribution in [3.8, 4) is 11.5 Å². The number of nitrogens with two attached hydrogens (primary N) is 1. The van der Waals surface area contributed by atoms with Crippen molar-refractivity contribution in [1.82, 2.24) is 9.97 Å². The van der Waals surface area contributed by atoms with Gasteiger partial charge in [-0.05, 0) is 31.5 Å². The molecule has 1 heterocycles. The van der Waals surface area contributed by atoms with Crippen molar-refractivity contribution in [2.45, 2.75) is 26.3 Å². The zero-order chi connectivity index (χ0) is 15.4. The molecule has 0 fully saturated rings. The van der Waals surface area contributed by atoms with Gasteiger partial charge in [-0.3, -0.25) is 0 Å². The molecule has 2 rings (SSSR count). The Morgan fingerprint density at radius 2 is 1.90 bits per heavy atom. The van der Waals surface area contributed by atoms with Gasteiger partial charge < -0.3 is 15.2 Å². The molecule has 5 nitrogen and oxygen atoms in total. The van der Waals surface area contributed by atoms with Gasteiger partial charge in [-0.15, -0.1) is 0 Å². The van der Waals surface area contributed by atoms with E-state index < -0.39 is 0 Å². The van der Waals surface area contributed by atoms with E-state index in [2.05, 4.69) is 9.97 Å². The Balaban J connectivity index is 2.24. The topological polar surface area (TPSA) is 70.3 Å². The van der Waals surface area contributed by atoms with Crippen LogP contribution in [0.5, 0.6) is 11.5 Å². The monoisotopic (exact) mass is 287 g/mol. The molecule has 2 aromatic rings. The average molecular weight is 287 g/mol. The standard InChI is InChI=1S/C16H21N3O2/c1-10(17)13-9-18-16(19-11(13)2)8-12-5-6-14(20-3)15(7-12)21-4/h5-7,9-10H,8,17H2,1-4H3. The quantitative estimate of drug-likeness (QED) is 0.914. The zero-order valence-electron chi connectivity index (χ0n) is 12.9. The van der Waals surface area contributed by atoms with Gasteiger partial charge >= 0.3 is 0 Å². The Morgan fingerprint density at radius 3 is 2.48 bits per heavy atom. The van der Waals surface area contributed by atoms with Crippen molar-refractivity contribution in [2.24, 2.45) is 5.73 Å². The average Bonchev–Trinajstić information content (AvgIpc) is 2.46. The normalized spacial score (nSPS) is 12.0. The zero-order valence-corrected chi connectivity index (χ0v) is 12.9. The van der Waals surface area contributed by atoms with Gasteiger partial charge in [0.2, 0.25) is 0 Å². The summed E-state index contributed by atoms with van der Waals surface area (Å²) < 4.78 is 10.5. The summed E-state index contributed by atoms with van der Waals surface area (Å²) in [7, 11) is 3.25. The molecule has 0 aliphatic carbocycles. The summed E-state index contributed by atoms with van der Waals surface area (Å²) in [6.07, 6.45) is 2.45. The molecule has 0 saturated heterocycles. The van der Waals surface area contributed by atoms with Crippen LogP contribution in [-0.4, -0.2) is 24.2 Å². The number of methoxy groups -OCH3 is 2. The first-order chi connectivity index (χ1) is 10.0. The highest BCUT2D eigenvalue weighted by molar-refractivity contribution is 5.43. The molecule has 0 bridgehead atoms. The number of aromatic nitrogens is 2. The smallest absolute Gasteiger partial charge is 0.161 e. The molecule has 1 aromatic heterocycles. The van der Waals surface area contributed by atoms with Crippen LogP contribution in [0.25, 0.3) is 0 Å². The van der Waals surface area contributed by atoms with Crippen molar-refractivity contribution in [1.29, 1.82) is 0 Å². The van der Waals surface area contributed by atoms with Gasteiger partial charge in [0.15, 0.2) is 11.5 Å². The van der Waals surface area contributed by atoms with E-state index in [1.165, 1.54) is 0 Å². The van der Waals surface area contributed by atoms with Gasteiger partial charge in [-0.2, -0.15) is 0 Å². The fourth-order valence-corrected chi connectivity index (χ4v) is 2.23. The summed E-state index contributed by atoms with van der Waals surface area (Å²) >= 11 is 0. The van der Waals surface area contributed by atoms with Crippen LogP contribution in [0.2, 0.25) is 0 Å². The first-order valence-electron chi connectivity index (χ1n) is 6.84. The number of nitrogens with zero attached hydrogens (tertiary/aromatic N) is 2. The maximum absolute atomic E-state index is 5.88. The number of benzene rings is 1. The van der Waals surface area contributed by atoms with Crippen LogP contribution < -0.4 is 15.2 Å². The van der Waals surface area contributed by atoms with Gasteiger partial charge in [0.05, 0.1) is 14.2 Å². The number of hydrogen-bond acceptors (Lipinski definition) is 5. The summed E-state index contributed by atoms with van der Waals surface area (Å²) in [5.74, 6) is 2.19. The van der Waals surface area contributed by atoms with Gasteiger partial charge in [0, 0.05) is 29.9 Å². The molecule has 0 saturated carbocycles. The van der Waals surface area contributed by atoms with Crippen molar-refractivity contribution >= 4 is 0 Å². The van der Waals surface area contributed by atoms with Crippen LogP contribution in [-0.2, 0) is 6.42 Å². The number of hydrogen-bond donors (Lipinski definition) is 1. The van der Waals surface area contributed by atoms with Crippen molar-refractivity contribution < 1.29 is 9.47 Å². The van der Waals surface area contributed by atoms with E-state index in [1.54, 1.807) is 14.2 Å². The third-order valence-electron chi connectivity index (χ3n) is 3.37. The number of aryl methyl sites for hydroxylation is 1. The van der Waals surface area contributed by atoms with Crippen LogP contribution in [0.1, 0.15) is 35.6 Å². The van der Waals surface area contributed by atoms with Crippen molar-refractivity contribution in [3.05, 3.63) is 47.0 Å². The minimum absolute atomic E-state index is 0.0554. The molecule has 2 N–H and O–H groups in total. The molecule has 5 heteroatoms. The lowest BCUT2D eigenvalue weighted by Gasteiger charge is -2.11. The van der Waals surface area contributed by atoms with Gasteiger partial charge in [-0.25, -0.2) is 9.97 Å². The molecule has 0 spiro atoms. The molecular formula is C16H21N3O2. The Hall–Kier alpha value is -2.14. The maximum atomic E-state index is 5.88. The fraction of sp³-hybridized carbons (Fsp3) is 0.375. The van der Waals surface area contributed by atoms with Crippen molar-refractivity contribution in [2.75, 3.05) is 14.2 Å². The Bertz CT molecular complexity index is 627. The summed E-state index contributed by atoms with van der Waals surface area (Å²) in [5.41, 5.74) is 8.85. The van der Waals surface area contributed by atoms with Gasteiger partial charge in [0.1, 0.15) is 5.82 Å². The van der Waals surface area contributed by atoms with E-state index >= 15 is 0 Å². The van der Waals surface area contributed by atoms with E-state index in [9.17, 15) is 0 Å². The van der Waals surface area contributed by atoms with Crippen LogP contribution in [0, 0.1) is 6.92 Å². The van der Waals surface area contributed by atoms with E-state index in [-0.39, 0.29) is 6.04 Å². The van der Waals surface area contributed by atoms with Crippen LogP contribution in [0.4, 0.5) is 0 Å². The lowest BCUT2D eigenvalue weighted by Crippen LogP contribution is -2.10. The number of ether oxygens (including phenoxy) is 2. The first kappa shape index (κ1) is 15.3. The molecule has 0 amide bonds. The predicted octanol–water partition coefficient (Wildman–Crippen LogP) is 2.41. The van der Waals surface area contributed by atoms with E-state index in [1.807, 2.05) is 38.2 Å².